The maximum Gasteiger partial charge on any atom is 0.190 e. The zero-order valence-corrected chi connectivity index (χ0v) is 15.0. The number of Topliss-reactive ketones (excluding diaryl/α,β-unsaturated/α-hetero) is 1. The summed E-state index contributed by atoms with van der Waals surface area (Å²) in [6, 6.07) is 19.3. The van der Waals surface area contributed by atoms with Gasteiger partial charge in [-0.1, -0.05) is 48.5 Å². The summed E-state index contributed by atoms with van der Waals surface area (Å²) in [7, 11) is 1.78. The molecule has 1 atom stereocenters. The molecule has 0 unspecified atom stereocenters. The van der Waals surface area contributed by atoms with Crippen molar-refractivity contribution in [3.05, 3.63) is 71.7 Å². The van der Waals surface area contributed by atoms with Crippen LogP contribution in [0.1, 0.15) is 27.8 Å². The zero-order valence-electron chi connectivity index (χ0n) is 15.0. The van der Waals surface area contributed by atoms with Crippen molar-refractivity contribution in [1.29, 1.82) is 5.26 Å². The van der Waals surface area contributed by atoms with E-state index in [9.17, 15) is 10.1 Å². The third kappa shape index (κ3) is 2.70. The Morgan fingerprint density at radius 1 is 1.11 bits per heavy atom. The maximum atomic E-state index is 13.2. The van der Waals surface area contributed by atoms with E-state index in [1.807, 2.05) is 61.5 Å². The van der Waals surface area contributed by atoms with Crippen LogP contribution in [0.4, 0.5) is 0 Å². The lowest BCUT2D eigenvalue weighted by Gasteiger charge is -2.09. The van der Waals surface area contributed by atoms with E-state index in [-0.39, 0.29) is 5.78 Å². The lowest BCUT2D eigenvalue weighted by Crippen LogP contribution is -2.16. The second-order valence-corrected chi connectivity index (χ2v) is 6.40. The highest BCUT2D eigenvalue weighted by Gasteiger charge is 2.30. The average Bonchev–Trinajstić information content (AvgIpc) is 3.22. The predicted octanol–water partition coefficient (Wildman–Crippen LogP) is 3.76. The quantitative estimate of drug-likeness (QED) is 0.565. The summed E-state index contributed by atoms with van der Waals surface area (Å²) in [6.45, 7) is 1.84. The summed E-state index contributed by atoms with van der Waals surface area (Å²) in [5, 5.41) is 18.9. The first-order chi connectivity index (χ1) is 13.1. The van der Waals surface area contributed by atoms with Gasteiger partial charge in [-0.3, -0.25) is 4.79 Å². The highest BCUT2D eigenvalue weighted by atomic mass is 16.1. The molecule has 0 aliphatic rings. The van der Waals surface area contributed by atoms with E-state index >= 15 is 0 Å². The first-order valence-electron chi connectivity index (χ1n) is 8.57. The predicted molar refractivity (Wildman–Crippen MR) is 102 cm³/mol. The third-order valence-corrected chi connectivity index (χ3v) is 4.73. The van der Waals surface area contributed by atoms with Crippen LogP contribution in [0, 0.1) is 18.3 Å². The molecule has 4 aromatic rings. The van der Waals surface area contributed by atoms with Crippen molar-refractivity contribution in [3.8, 4) is 17.5 Å². The van der Waals surface area contributed by atoms with Gasteiger partial charge in [-0.05, 0) is 13.0 Å². The largest absolute Gasteiger partial charge is 0.358 e. The zero-order chi connectivity index (χ0) is 19.0. The molecule has 0 fully saturated rings. The molecule has 0 spiro atoms. The molecule has 6 heteroatoms. The Hall–Kier alpha value is -3.72. The molecule has 0 radical (unpaired) electrons. The minimum absolute atomic E-state index is 0.275. The van der Waals surface area contributed by atoms with E-state index < -0.39 is 5.92 Å². The van der Waals surface area contributed by atoms with Gasteiger partial charge in [0.2, 0.25) is 0 Å². The van der Waals surface area contributed by atoms with Crippen LogP contribution >= 0.6 is 0 Å². The molecule has 0 saturated carbocycles. The molecule has 4 rings (SSSR count). The van der Waals surface area contributed by atoms with Gasteiger partial charge < -0.3 is 9.55 Å². The average molecular weight is 355 g/mol. The van der Waals surface area contributed by atoms with E-state index in [1.165, 1.54) is 0 Å². The molecule has 0 aliphatic heterocycles. The molecule has 6 nitrogen and oxygen atoms in total. The van der Waals surface area contributed by atoms with Gasteiger partial charge in [-0.15, -0.1) is 10.2 Å². The summed E-state index contributed by atoms with van der Waals surface area (Å²) in [5.41, 5.74) is 3.03. The minimum atomic E-state index is -1.03. The fourth-order valence-corrected chi connectivity index (χ4v) is 3.40. The van der Waals surface area contributed by atoms with Crippen molar-refractivity contribution in [2.45, 2.75) is 12.8 Å². The van der Waals surface area contributed by atoms with Gasteiger partial charge in [-0.25, -0.2) is 0 Å². The molecule has 2 aromatic heterocycles. The van der Waals surface area contributed by atoms with Crippen molar-refractivity contribution in [2.24, 2.45) is 7.05 Å². The van der Waals surface area contributed by atoms with Gasteiger partial charge in [0.15, 0.2) is 23.3 Å². The van der Waals surface area contributed by atoms with E-state index in [1.54, 1.807) is 11.6 Å². The number of fused-ring (bicyclic) bond motifs is 1. The van der Waals surface area contributed by atoms with Gasteiger partial charge in [0, 0.05) is 34.8 Å². The number of nitrogens with one attached hydrogen (secondary N) is 1. The van der Waals surface area contributed by atoms with Crippen LogP contribution < -0.4 is 0 Å². The molecule has 0 saturated heterocycles. The van der Waals surface area contributed by atoms with E-state index in [2.05, 4.69) is 21.3 Å². The van der Waals surface area contributed by atoms with Gasteiger partial charge in [-0.2, -0.15) is 5.26 Å². The molecule has 2 aromatic carbocycles. The van der Waals surface area contributed by atoms with Gasteiger partial charge in [0.1, 0.15) is 0 Å². The van der Waals surface area contributed by atoms with E-state index in [0.717, 1.165) is 22.2 Å². The topological polar surface area (TPSA) is 87.4 Å². The monoisotopic (exact) mass is 355 g/mol. The van der Waals surface area contributed by atoms with Crippen LogP contribution in [-0.2, 0) is 7.05 Å². The molecule has 132 valence electrons. The molecule has 1 N–H and O–H groups in total. The highest BCUT2D eigenvalue weighted by Crippen LogP contribution is 2.29. The normalized spacial score (nSPS) is 12.0. The third-order valence-electron chi connectivity index (χ3n) is 4.73. The van der Waals surface area contributed by atoms with Crippen molar-refractivity contribution in [3.63, 3.8) is 0 Å². The molecule has 2 heterocycles. The number of aryl methyl sites for hydroxylation is 1. The highest BCUT2D eigenvalue weighted by molar-refractivity contribution is 6.12. The summed E-state index contributed by atoms with van der Waals surface area (Å²) in [6.07, 6.45) is 0. The number of carbonyl (C=O) groups excluding carboxylic acids is 1. The Morgan fingerprint density at radius 2 is 1.81 bits per heavy atom. The summed E-state index contributed by atoms with van der Waals surface area (Å²) in [4.78, 5) is 16.5. The first-order valence-corrected chi connectivity index (χ1v) is 8.57. The van der Waals surface area contributed by atoms with E-state index in [0.29, 0.717) is 17.2 Å². The van der Waals surface area contributed by atoms with Crippen molar-refractivity contribution in [1.82, 2.24) is 19.7 Å². The Morgan fingerprint density at radius 3 is 2.56 bits per heavy atom. The number of nitriles is 1. The van der Waals surface area contributed by atoms with Crippen LogP contribution in [0.3, 0.4) is 0 Å². The molecule has 0 amide bonds. The second kappa shape index (κ2) is 6.54. The number of ketones is 1. The van der Waals surface area contributed by atoms with Crippen molar-refractivity contribution >= 4 is 16.7 Å². The molecule has 27 heavy (non-hydrogen) atoms. The smallest absolute Gasteiger partial charge is 0.190 e. The molecular formula is C21H17N5O. The number of aromatic nitrogens is 4. The molecule has 0 aliphatic carbocycles. The van der Waals surface area contributed by atoms with E-state index in [4.69, 9.17) is 0 Å². The fourth-order valence-electron chi connectivity index (χ4n) is 3.40. The van der Waals surface area contributed by atoms with Crippen LogP contribution in [0.15, 0.2) is 54.6 Å². The Kier molecular flexibility index (Phi) is 4.05. The summed E-state index contributed by atoms with van der Waals surface area (Å²) in [5.74, 6) is -0.347. The lowest BCUT2D eigenvalue weighted by atomic mass is 9.95. The Balaban J connectivity index is 1.79. The Labute approximate surface area is 156 Å². The van der Waals surface area contributed by atoms with Gasteiger partial charge >= 0.3 is 0 Å². The number of benzene rings is 2. The molecule has 0 bridgehead atoms. The van der Waals surface area contributed by atoms with Crippen LogP contribution in [-0.4, -0.2) is 25.5 Å². The number of carbonyl (C=O) groups is 1. The minimum Gasteiger partial charge on any atom is -0.358 e. The number of hydrogen-bond donors (Lipinski definition) is 1. The SMILES string of the molecule is Cc1[nH]c2ccccc2c1C(=O)[C@H](C#N)c1nnc(-c2ccccc2)n1C. The van der Waals surface area contributed by atoms with Crippen molar-refractivity contribution in [2.75, 3.05) is 0 Å². The number of para-hydroxylation sites is 1. The standard InChI is InChI=1S/C21H17N5O/c1-13-18(15-10-6-7-11-17(15)23-13)19(27)16(12-22)21-25-24-20(26(21)2)14-8-4-3-5-9-14/h3-11,16,23H,1-2H3/t16-/m0/s1. The second-order valence-electron chi connectivity index (χ2n) is 6.40. The lowest BCUT2D eigenvalue weighted by molar-refractivity contribution is 0.0976. The summed E-state index contributed by atoms with van der Waals surface area (Å²) >= 11 is 0. The van der Waals surface area contributed by atoms with Crippen LogP contribution in [0.2, 0.25) is 0 Å². The van der Waals surface area contributed by atoms with Crippen LogP contribution in [0.25, 0.3) is 22.3 Å². The number of H-pyrrole nitrogens is 1. The number of rotatable bonds is 4. The number of nitrogens with zero attached hydrogens (tertiary/aromatic N) is 4. The van der Waals surface area contributed by atoms with Crippen LogP contribution in [0.5, 0.6) is 0 Å². The summed E-state index contributed by atoms with van der Waals surface area (Å²) < 4.78 is 1.71. The van der Waals surface area contributed by atoms with Gasteiger partial charge in [0.25, 0.3) is 0 Å². The number of aromatic amines is 1. The fraction of sp³-hybridized carbons (Fsp3) is 0.143. The number of hydrogen-bond acceptors (Lipinski definition) is 4. The Bertz CT molecular complexity index is 1180. The molecular weight excluding hydrogens is 338 g/mol. The first kappa shape index (κ1) is 16.7. The van der Waals surface area contributed by atoms with Gasteiger partial charge in [0.05, 0.1) is 6.07 Å². The maximum absolute atomic E-state index is 13.2. The van der Waals surface area contributed by atoms with Crippen molar-refractivity contribution < 1.29 is 4.79 Å².